The van der Waals surface area contributed by atoms with Crippen molar-refractivity contribution in [3.05, 3.63) is 47.9 Å². The van der Waals surface area contributed by atoms with Gasteiger partial charge in [0.1, 0.15) is 11.5 Å². The second kappa shape index (κ2) is 9.13. The van der Waals surface area contributed by atoms with E-state index in [1.807, 2.05) is 38.4 Å². The third-order valence-electron chi connectivity index (χ3n) is 3.80. The van der Waals surface area contributed by atoms with Crippen molar-refractivity contribution < 1.29 is 4.79 Å². The largest absolute Gasteiger partial charge is 0.369 e. The highest BCUT2D eigenvalue weighted by molar-refractivity contribution is 6.03. The van der Waals surface area contributed by atoms with E-state index in [0.29, 0.717) is 17.4 Å². The Balaban J connectivity index is 1.94. The predicted octanol–water partition coefficient (Wildman–Crippen LogP) is 3.22. The quantitative estimate of drug-likeness (QED) is 0.722. The van der Waals surface area contributed by atoms with Crippen molar-refractivity contribution in [2.75, 3.05) is 37.8 Å². The van der Waals surface area contributed by atoms with Gasteiger partial charge in [-0.1, -0.05) is 32.0 Å². The monoisotopic (exact) mass is 341 g/mol. The summed E-state index contributed by atoms with van der Waals surface area (Å²) in [7, 11) is 4.09. The zero-order valence-corrected chi connectivity index (χ0v) is 15.4. The maximum atomic E-state index is 12.4. The van der Waals surface area contributed by atoms with Crippen LogP contribution in [0.1, 0.15) is 42.2 Å². The van der Waals surface area contributed by atoms with Crippen molar-refractivity contribution in [1.82, 2.24) is 14.9 Å². The Labute approximate surface area is 149 Å². The minimum atomic E-state index is -0.250. The van der Waals surface area contributed by atoms with Gasteiger partial charge in [-0.15, -0.1) is 0 Å². The first kappa shape index (κ1) is 18.9. The minimum Gasteiger partial charge on any atom is -0.369 e. The van der Waals surface area contributed by atoms with Crippen LogP contribution in [0.25, 0.3) is 0 Å². The summed E-state index contributed by atoms with van der Waals surface area (Å²) in [4.78, 5) is 23.0. The van der Waals surface area contributed by atoms with E-state index in [9.17, 15) is 4.79 Å². The van der Waals surface area contributed by atoms with E-state index < -0.39 is 0 Å². The maximum Gasteiger partial charge on any atom is 0.275 e. The number of amides is 1. The lowest BCUT2D eigenvalue weighted by Gasteiger charge is -2.13. The molecule has 0 atom stereocenters. The molecule has 0 spiro atoms. The summed E-state index contributed by atoms with van der Waals surface area (Å²) in [6.45, 7) is 6.03. The number of nitrogens with zero attached hydrogens (tertiary/aromatic N) is 3. The minimum absolute atomic E-state index is 0.250. The van der Waals surface area contributed by atoms with Crippen LogP contribution < -0.4 is 10.6 Å². The molecule has 0 saturated carbocycles. The number of para-hydroxylation sites is 1. The first-order valence-corrected chi connectivity index (χ1v) is 8.58. The molecular formula is C19H27N5O. The van der Waals surface area contributed by atoms with Gasteiger partial charge in [0, 0.05) is 12.2 Å². The fraction of sp³-hybridized carbons (Fsp3) is 0.421. The summed E-state index contributed by atoms with van der Waals surface area (Å²) in [6, 6.07) is 7.81. The Morgan fingerprint density at radius 3 is 2.56 bits per heavy atom. The number of nitrogens with one attached hydrogen (secondary N) is 2. The molecular weight excluding hydrogens is 314 g/mol. The number of aromatic nitrogens is 2. The van der Waals surface area contributed by atoms with E-state index in [4.69, 9.17) is 0 Å². The molecule has 0 aliphatic carbocycles. The number of benzene rings is 1. The number of anilines is 2. The maximum absolute atomic E-state index is 12.4. The van der Waals surface area contributed by atoms with Crippen LogP contribution in [0.15, 0.2) is 36.7 Å². The van der Waals surface area contributed by atoms with Gasteiger partial charge >= 0.3 is 0 Å². The van der Waals surface area contributed by atoms with Gasteiger partial charge in [-0.2, -0.15) is 0 Å². The van der Waals surface area contributed by atoms with Crippen LogP contribution in [0.4, 0.5) is 11.5 Å². The standard InChI is InChI=1S/C19H27N5O/c1-14(2)15-8-5-6-9-16(15)23-19(25)17-12-22-18(13-21-17)20-10-7-11-24(3)4/h5-6,8-9,12-14H,7,10-11H2,1-4H3,(H,20,22)(H,23,25). The average Bonchev–Trinajstić information content (AvgIpc) is 2.59. The number of hydrogen-bond donors (Lipinski definition) is 2. The molecule has 6 nitrogen and oxygen atoms in total. The average molecular weight is 341 g/mol. The topological polar surface area (TPSA) is 70.2 Å². The molecule has 134 valence electrons. The van der Waals surface area contributed by atoms with Gasteiger partial charge in [-0.05, 0) is 44.6 Å². The molecule has 0 bridgehead atoms. The Bertz CT molecular complexity index is 682. The fourth-order valence-electron chi connectivity index (χ4n) is 2.45. The predicted molar refractivity (Wildman–Crippen MR) is 102 cm³/mol. The van der Waals surface area contributed by atoms with E-state index in [1.165, 1.54) is 6.20 Å². The highest BCUT2D eigenvalue weighted by Crippen LogP contribution is 2.23. The molecule has 0 fully saturated rings. The van der Waals surface area contributed by atoms with Gasteiger partial charge in [0.2, 0.25) is 0 Å². The van der Waals surface area contributed by atoms with Crippen molar-refractivity contribution in [3.63, 3.8) is 0 Å². The third-order valence-corrected chi connectivity index (χ3v) is 3.80. The number of carbonyl (C=O) groups excluding carboxylic acids is 1. The molecule has 0 aliphatic rings. The Kier molecular flexibility index (Phi) is 6.89. The summed E-state index contributed by atoms with van der Waals surface area (Å²) in [5.74, 6) is 0.758. The van der Waals surface area contributed by atoms with Gasteiger partial charge < -0.3 is 15.5 Å². The van der Waals surface area contributed by atoms with Gasteiger partial charge in [-0.25, -0.2) is 9.97 Å². The number of rotatable bonds is 8. The van der Waals surface area contributed by atoms with Gasteiger partial charge in [-0.3, -0.25) is 4.79 Å². The van der Waals surface area contributed by atoms with Crippen LogP contribution >= 0.6 is 0 Å². The summed E-state index contributed by atoms with van der Waals surface area (Å²) in [5.41, 5.74) is 2.22. The molecule has 25 heavy (non-hydrogen) atoms. The van der Waals surface area contributed by atoms with E-state index >= 15 is 0 Å². The molecule has 1 aromatic carbocycles. The molecule has 0 radical (unpaired) electrons. The lowest BCUT2D eigenvalue weighted by atomic mass is 10.0. The lowest BCUT2D eigenvalue weighted by Crippen LogP contribution is -2.17. The normalized spacial score (nSPS) is 11.0. The molecule has 2 N–H and O–H groups in total. The van der Waals surface area contributed by atoms with Crippen LogP contribution in [0.3, 0.4) is 0 Å². The summed E-state index contributed by atoms with van der Waals surface area (Å²) >= 11 is 0. The number of hydrogen-bond acceptors (Lipinski definition) is 5. The zero-order valence-electron chi connectivity index (χ0n) is 15.4. The Hall–Kier alpha value is -2.47. The van der Waals surface area contributed by atoms with E-state index in [2.05, 4.69) is 39.3 Å². The second-order valence-corrected chi connectivity index (χ2v) is 6.57. The lowest BCUT2D eigenvalue weighted by molar-refractivity contribution is 0.102. The first-order valence-electron chi connectivity index (χ1n) is 8.58. The zero-order chi connectivity index (χ0) is 18.2. The van der Waals surface area contributed by atoms with Crippen LogP contribution in [0.2, 0.25) is 0 Å². The van der Waals surface area contributed by atoms with Gasteiger partial charge in [0.05, 0.1) is 12.4 Å². The first-order chi connectivity index (χ1) is 12.0. The van der Waals surface area contributed by atoms with E-state index in [-0.39, 0.29) is 5.91 Å². The van der Waals surface area contributed by atoms with Gasteiger partial charge in [0.25, 0.3) is 5.91 Å². The van der Waals surface area contributed by atoms with Crippen molar-refractivity contribution in [3.8, 4) is 0 Å². The molecule has 1 aromatic heterocycles. The van der Waals surface area contributed by atoms with Crippen molar-refractivity contribution in [2.24, 2.45) is 0 Å². The number of carbonyl (C=O) groups is 1. The Morgan fingerprint density at radius 1 is 1.16 bits per heavy atom. The third kappa shape index (κ3) is 5.83. The molecule has 0 aliphatic heterocycles. The van der Waals surface area contributed by atoms with Crippen LogP contribution in [0.5, 0.6) is 0 Å². The molecule has 1 amide bonds. The van der Waals surface area contributed by atoms with Crippen LogP contribution in [0, 0.1) is 0 Å². The van der Waals surface area contributed by atoms with Crippen LogP contribution in [-0.4, -0.2) is 48.0 Å². The van der Waals surface area contributed by atoms with E-state index in [1.54, 1.807) is 6.20 Å². The van der Waals surface area contributed by atoms with Gasteiger partial charge in [0.15, 0.2) is 0 Å². The molecule has 0 saturated heterocycles. The second-order valence-electron chi connectivity index (χ2n) is 6.57. The van der Waals surface area contributed by atoms with Crippen molar-refractivity contribution in [1.29, 1.82) is 0 Å². The van der Waals surface area contributed by atoms with Crippen LogP contribution in [-0.2, 0) is 0 Å². The van der Waals surface area contributed by atoms with Crippen molar-refractivity contribution in [2.45, 2.75) is 26.2 Å². The van der Waals surface area contributed by atoms with E-state index in [0.717, 1.165) is 30.8 Å². The summed E-state index contributed by atoms with van der Waals surface area (Å²) < 4.78 is 0. The molecule has 1 heterocycles. The highest BCUT2D eigenvalue weighted by Gasteiger charge is 2.12. The molecule has 0 unspecified atom stereocenters. The van der Waals surface area contributed by atoms with Crippen molar-refractivity contribution >= 4 is 17.4 Å². The smallest absolute Gasteiger partial charge is 0.275 e. The summed E-state index contributed by atoms with van der Waals surface area (Å²) in [5, 5.41) is 6.13. The molecule has 2 rings (SSSR count). The SMILES string of the molecule is CC(C)c1ccccc1NC(=O)c1cnc(NCCCN(C)C)cn1. The summed E-state index contributed by atoms with van der Waals surface area (Å²) in [6.07, 6.45) is 4.11. The fourth-order valence-corrected chi connectivity index (χ4v) is 2.45. The molecule has 2 aromatic rings. The Morgan fingerprint density at radius 2 is 1.92 bits per heavy atom. The molecule has 6 heteroatoms. The highest BCUT2D eigenvalue weighted by atomic mass is 16.1.